The summed E-state index contributed by atoms with van der Waals surface area (Å²) < 4.78 is 7.13. The van der Waals surface area contributed by atoms with Crippen LogP contribution in [0.25, 0.3) is 0 Å². The minimum Gasteiger partial charge on any atom is -0.378 e. The van der Waals surface area contributed by atoms with Crippen LogP contribution in [-0.2, 0) is 20.9 Å². The first-order valence-electron chi connectivity index (χ1n) is 8.24. The number of carbonyl (C=O) groups is 2. The number of hydrogen-bond donors (Lipinski definition) is 0. The molecule has 1 unspecified atom stereocenters. The summed E-state index contributed by atoms with van der Waals surface area (Å²) in [5.74, 6) is 0.307. The molecule has 7 heteroatoms. The van der Waals surface area contributed by atoms with E-state index in [1.165, 1.54) is 0 Å². The average molecular weight is 320 g/mol. The van der Waals surface area contributed by atoms with Crippen molar-refractivity contribution in [3.63, 3.8) is 0 Å². The molecule has 0 radical (unpaired) electrons. The molecule has 2 amide bonds. The lowest BCUT2D eigenvalue weighted by atomic mass is 10.1. The molecule has 0 spiro atoms. The van der Waals surface area contributed by atoms with E-state index in [1.54, 1.807) is 11.1 Å². The quantitative estimate of drug-likeness (QED) is 0.821. The Labute approximate surface area is 136 Å². The predicted molar refractivity (Wildman–Crippen MR) is 84.9 cm³/mol. The fourth-order valence-electron chi connectivity index (χ4n) is 3.13. The highest BCUT2D eigenvalue weighted by molar-refractivity contribution is 6.00. The molecule has 1 atom stereocenters. The van der Waals surface area contributed by atoms with Crippen molar-refractivity contribution >= 4 is 17.5 Å². The first-order chi connectivity index (χ1) is 11.0. The van der Waals surface area contributed by atoms with Crippen LogP contribution in [0.3, 0.4) is 0 Å². The van der Waals surface area contributed by atoms with Gasteiger partial charge in [0.05, 0.1) is 31.0 Å². The summed E-state index contributed by atoms with van der Waals surface area (Å²) >= 11 is 0. The van der Waals surface area contributed by atoms with Gasteiger partial charge in [0.1, 0.15) is 0 Å². The predicted octanol–water partition coefficient (Wildman–Crippen LogP) is 0.751. The lowest BCUT2D eigenvalue weighted by Gasteiger charge is -2.29. The second-order valence-electron chi connectivity index (χ2n) is 6.66. The lowest BCUT2D eigenvalue weighted by molar-refractivity contribution is -0.139. The third kappa shape index (κ3) is 3.55. The van der Waals surface area contributed by atoms with E-state index < -0.39 is 0 Å². The molecule has 1 aromatic rings. The molecule has 3 heterocycles. The Morgan fingerprint density at radius 1 is 1.39 bits per heavy atom. The Morgan fingerprint density at radius 2 is 2.13 bits per heavy atom. The summed E-state index contributed by atoms with van der Waals surface area (Å²) in [6.45, 7) is 7.92. The second kappa shape index (κ2) is 6.70. The number of hydrogen-bond acceptors (Lipinski definition) is 4. The zero-order chi connectivity index (χ0) is 16.4. The van der Waals surface area contributed by atoms with Crippen LogP contribution in [-0.4, -0.2) is 59.3 Å². The van der Waals surface area contributed by atoms with Crippen molar-refractivity contribution in [1.29, 1.82) is 0 Å². The third-order valence-electron chi connectivity index (χ3n) is 4.28. The van der Waals surface area contributed by atoms with E-state index in [9.17, 15) is 9.59 Å². The van der Waals surface area contributed by atoms with Crippen molar-refractivity contribution in [3.05, 3.63) is 12.4 Å². The van der Waals surface area contributed by atoms with Crippen LogP contribution in [0.1, 0.15) is 20.3 Å². The average Bonchev–Trinajstić information content (AvgIpc) is 3.13. The SMILES string of the molecule is CC(C)Cn1cc(N2CC(C(=O)N3CCOCC3)CC2=O)cn1. The maximum atomic E-state index is 12.5. The molecule has 1 aromatic heterocycles. The van der Waals surface area contributed by atoms with Crippen molar-refractivity contribution in [2.24, 2.45) is 11.8 Å². The fraction of sp³-hybridized carbons (Fsp3) is 0.688. The molecule has 3 rings (SSSR count). The van der Waals surface area contributed by atoms with Crippen LogP contribution in [0.15, 0.2) is 12.4 Å². The van der Waals surface area contributed by atoms with Gasteiger partial charge in [-0.3, -0.25) is 14.3 Å². The molecule has 0 bridgehead atoms. The number of nitrogens with zero attached hydrogens (tertiary/aromatic N) is 4. The zero-order valence-corrected chi connectivity index (χ0v) is 13.8. The van der Waals surface area contributed by atoms with E-state index >= 15 is 0 Å². The van der Waals surface area contributed by atoms with Crippen molar-refractivity contribution < 1.29 is 14.3 Å². The fourth-order valence-corrected chi connectivity index (χ4v) is 3.13. The second-order valence-corrected chi connectivity index (χ2v) is 6.66. The Hall–Kier alpha value is -1.89. The van der Waals surface area contributed by atoms with Crippen molar-refractivity contribution in [3.8, 4) is 0 Å². The van der Waals surface area contributed by atoms with Gasteiger partial charge in [-0.05, 0) is 5.92 Å². The van der Waals surface area contributed by atoms with Crippen molar-refractivity contribution in [2.75, 3.05) is 37.7 Å². The summed E-state index contributed by atoms with van der Waals surface area (Å²) in [7, 11) is 0. The van der Waals surface area contributed by atoms with Crippen LogP contribution in [0, 0.1) is 11.8 Å². The number of aromatic nitrogens is 2. The molecular formula is C16H24N4O3. The molecule has 0 saturated carbocycles. The highest BCUT2D eigenvalue weighted by atomic mass is 16.5. The standard InChI is InChI=1S/C16H24N4O3/c1-12(2)9-19-11-14(8-17-19)20-10-13(7-15(20)21)16(22)18-3-5-23-6-4-18/h8,11-13H,3-7,9-10H2,1-2H3. The van der Waals surface area contributed by atoms with E-state index in [2.05, 4.69) is 18.9 Å². The molecule has 23 heavy (non-hydrogen) atoms. The monoisotopic (exact) mass is 320 g/mol. The van der Waals surface area contributed by atoms with Gasteiger partial charge in [-0.15, -0.1) is 0 Å². The number of rotatable bonds is 4. The van der Waals surface area contributed by atoms with Gasteiger partial charge in [-0.1, -0.05) is 13.8 Å². The largest absolute Gasteiger partial charge is 0.378 e. The van der Waals surface area contributed by atoms with E-state index in [1.807, 2.05) is 15.8 Å². The topological polar surface area (TPSA) is 67.7 Å². The number of anilines is 1. The molecule has 2 aliphatic rings. The van der Waals surface area contributed by atoms with Crippen molar-refractivity contribution in [1.82, 2.24) is 14.7 Å². The van der Waals surface area contributed by atoms with Gasteiger partial charge in [-0.25, -0.2) is 0 Å². The summed E-state index contributed by atoms with van der Waals surface area (Å²) in [4.78, 5) is 28.3. The van der Waals surface area contributed by atoms with Gasteiger partial charge < -0.3 is 14.5 Å². The van der Waals surface area contributed by atoms with E-state index in [0.29, 0.717) is 38.8 Å². The summed E-state index contributed by atoms with van der Waals surface area (Å²) in [6.07, 6.45) is 3.88. The molecule has 0 aromatic carbocycles. The van der Waals surface area contributed by atoms with Gasteiger partial charge >= 0.3 is 0 Å². The summed E-state index contributed by atoms with van der Waals surface area (Å²) in [5.41, 5.74) is 0.785. The minimum atomic E-state index is -0.256. The van der Waals surface area contributed by atoms with Gasteiger partial charge in [-0.2, -0.15) is 5.10 Å². The molecule has 2 saturated heterocycles. The van der Waals surface area contributed by atoms with E-state index in [0.717, 1.165) is 12.2 Å². The number of amides is 2. The lowest BCUT2D eigenvalue weighted by Crippen LogP contribution is -2.44. The van der Waals surface area contributed by atoms with Crippen LogP contribution >= 0.6 is 0 Å². The van der Waals surface area contributed by atoms with Crippen LogP contribution in [0.5, 0.6) is 0 Å². The first-order valence-corrected chi connectivity index (χ1v) is 8.24. The minimum absolute atomic E-state index is 0.000654. The molecular weight excluding hydrogens is 296 g/mol. The van der Waals surface area contributed by atoms with Crippen LogP contribution in [0.2, 0.25) is 0 Å². The third-order valence-corrected chi connectivity index (χ3v) is 4.28. The molecule has 0 N–H and O–H groups in total. The highest BCUT2D eigenvalue weighted by Gasteiger charge is 2.37. The maximum Gasteiger partial charge on any atom is 0.228 e. The van der Waals surface area contributed by atoms with Gasteiger partial charge in [0.25, 0.3) is 0 Å². The molecule has 126 valence electrons. The van der Waals surface area contributed by atoms with Crippen molar-refractivity contribution in [2.45, 2.75) is 26.8 Å². The van der Waals surface area contributed by atoms with E-state index in [4.69, 9.17) is 4.74 Å². The number of carbonyl (C=O) groups excluding carboxylic acids is 2. The van der Waals surface area contributed by atoms with Gasteiger partial charge in [0, 0.05) is 38.8 Å². The Balaban J connectivity index is 1.65. The van der Waals surface area contributed by atoms with Gasteiger partial charge in [0.2, 0.25) is 11.8 Å². The number of ether oxygens (including phenoxy) is 1. The Kier molecular flexibility index (Phi) is 4.66. The maximum absolute atomic E-state index is 12.5. The Morgan fingerprint density at radius 3 is 2.83 bits per heavy atom. The smallest absolute Gasteiger partial charge is 0.228 e. The van der Waals surface area contributed by atoms with Gasteiger partial charge in [0.15, 0.2) is 0 Å². The first kappa shape index (κ1) is 16.0. The Bertz CT molecular complexity index is 578. The summed E-state index contributed by atoms with van der Waals surface area (Å²) in [5, 5.41) is 4.31. The number of morpholine rings is 1. The van der Waals surface area contributed by atoms with Crippen LogP contribution < -0.4 is 4.90 Å². The highest BCUT2D eigenvalue weighted by Crippen LogP contribution is 2.26. The summed E-state index contributed by atoms with van der Waals surface area (Å²) in [6, 6.07) is 0. The molecule has 2 aliphatic heterocycles. The molecule has 2 fully saturated rings. The zero-order valence-electron chi connectivity index (χ0n) is 13.8. The molecule has 7 nitrogen and oxygen atoms in total. The van der Waals surface area contributed by atoms with E-state index in [-0.39, 0.29) is 24.2 Å². The normalized spacial score (nSPS) is 22.2. The van der Waals surface area contributed by atoms with Crippen LogP contribution in [0.4, 0.5) is 5.69 Å². The molecule has 0 aliphatic carbocycles.